The molecule has 0 N–H and O–H groups in total. The van der Waals surface area contributed by atoms with Crippen LogP contribution in [0.3, 0.4) is 0 Å². The van der Waals surface area contributed by atoms with Crippen molar-refractivity contribution in [1.82, 2.24) is 14.1 Å². The van der Waals surface area contributed by atoms with Crippen molar-refractivity contribution in [3.05, 3.63) is 66.0 Å². The van der Waals surface area contributed by atoms with Gasteiger partial charge in [-0.15, -0.1) is 0 Å². The predicted molar refractivity (Wildman–Crippen MR) is 118 cm³/mol. The van der Waals surface area contributed by atoms with E-state index in [0.29, 0.717) is 26.1 Å². The molecule has 3 rings (SSSR count). The molecule has 0 spiro atoms. The number of hydrogen-bond acceptors (Lipinski definition) is 4. The fourth-order valence-corrected chi connectivity index (χ4v) is 5.49. The maximum absolute atomic E-state index is 13.5. The van der Waals surface area contributed by atoms with E-state index >= 15 is 0 Å². The standard InChI is InChI=1S/C23H30FN3O3S/c1-3-25(4-2)22(19-9-6-5-7-10-19)23(28)26-15-8-16-27(18-17-26)31(29,30)21-13-11-20(24)12-14-21/h5-7,9-14,22H,3-4,8,15-18H2,1-2H3. The summed E-state index contributed by atoms with van der Waals surface area (Å²) in [6.45, 7) is 6.90. The van der Waals surface area contributed by atoms with E-state index in [1.807, 2.05) is 44.2 Å². The van der Waals surface area contributed by atoms with Crippen LogP contribution < -0.4 is 0 Å². The fourth-order valence-electron chi connectivity index (χ4n) is 4.02. The number of hydrogen-bond donors (Lipinski definition) is 0. The third-order valence-corrected chi connectivity index (χ3v) is 7.66. The van der Waals surface area contributed by atoms with Gasteiger partial charge in [-0.1, -0.05) is 44.2 Å². The zero-order valence-electron chi connectivity index (χ0n) is 18.1. The summed E-state index contributed by atoms with van der Waals surface area (Å²) in [6.07, 6.45) is 0.548. The van der Waals surface area contributed by atoms with Crippen LogP contribution in [0.1, 0.15) is 31.9 Å². The van der Waals surface area contributed by atoms with Crippen LogP contribution in [0.25, 0.3) is 0 Å². The Hall–Kier alpha value is -2.29. The van der Waals surface area contributed by atoms with Gasteiger partial charge < -0.3 is 4.90 Å². The van der Waals surface area contributed by atoms with Crippen molar-refractivity contribution in [3.8, 4) is 0 Å². The summed E-state index contributed by atoms with van der Waals surface area (Å²) in [5, 5.41) is 0. The lowest BCUT2D eigenvalue weighted by Gasteiger charge is -2.33. The molecule has 1 amide bonds. The van der Waals surface area contributed by atoms with Crippen molar-refractivity contribution < 1.29 is 17.6 Å². The molecule has 1 heterocycles. The lowest BCUT2D eigenvalue weighted by molar-refractivity contribution is -0.137. The van der Waals surface area contributed by atoms with Gasteiger partial charge >= 0.3 is 0 Å². The van der Waals surface area contributed by atoms with Gasteiger partial charge in [-0.05, 0) is 49.3 Å². The van der Waals surface area contributed by atoms with Crippen molar-refractivity contribution >= 4 is 15.9 Å². The molecule has 0 bridgehead atoms. The minimum atomic E-state index is -3.73. The van der Waals surface area contributed by atoms with Gasteiger partial charge in [0.1, 0.15) is 11.9 Å². The van der Waals surface area contributed by atoms with Crippen LogP contribution in [0.2, 0.25) is 0 Å². The number of nitrogens with zero attached hydrogens (tertiary/aromatic N) is 3. The van der Waals surface area contributed by atoms with E-state index in [1.165, 1.54) is 16.4 Å². The Bertz CT molecular complexity index is 963. The van der Waals surface area contributed by atoms with E-state index in [-0.39, 0.29) is 17.3 Å². The lowest BCUT2D eigenvalue weighted by Crippen LogP contribution is -2.44. The first-order chi connectivity index (χ1) is 14.9. The predicted octanol–water partition coefficient (Wildman–Crippen LogP) is 3.13. The molecule has 1 aliphatic rings. The topological polar surface area (TPSA) is 60.9 Å². The van der Waals surface area contributed by atoms with Gasteiger partial charge in [0.2, 0.25) is 15.9 Å². The van der Waals surface area contributed by atoms with Crippen molar-refractivity contribution in [3.63, 3.8) is 0 Å². The zero-order valence-corrected chi connectivity index (χ0v) is 18.9. The van der Waals surface area contributed by atoms with E-state index in [2.05, 4.69) is 4.90 Å². The molecule has 0 aromatic heterocycles. The van der Waals surface area contributed by atoms with Crippen LogP contribution in [-0.4, -0.2) is 67.7 Å². The summed E-state index contributed by atoms with van der Waals surface area (Å²) in [5.74, 6) is -0.481. The summed E-state index contributed by atoms with van der Waals surface area (Å²) >= 11 is 0. The molecule has 1 unspecified atom stereocenters. The van der Waals surface area contributed by atoms with Crippen LogP contribution >= 0.6 is 0 Å². The highest BCUT2D eigenvalue weighted by molar-refractivity contribution is 7.89. The molecule has 1 saturated heterocycles. The van der Waals surface area contributed by atoms with Crippen LogP contribution in [0.4, 0.5) is 4.39 Å². The Morgan fingerprint density at radius 3 is 2.23 bits per heavy atom. The second-order valence-corrected chi connectivity index (χ2v) is 9.51. The Morgan fingerprint density at radius 2 is 1.61 bits per heavy atom. The molecule has 1 aliphatic heterocycles. The molecule has 31 heavy (non-hydrogen) atoms. The zero-order chi connectivity index (χ0) is 22.4. The molecule has 2 aromatic carbocycles. The Morgan fingerprint density at radius 1 is 0.968 bits per heavy atom. The monoisotopic (exact) mass is 447 g/mol. The van der Waals surface area contributed by atoms with Gasteiger partial charge in [-0.2, -0.15) is 4.31 Å². The number of rotatable bonds is 7. The molecular formula is C23H30FN3O3S. The van der Waals surface area contributed by atoms with Gasteiger partial charge in [0, 0.05) is 26.2 Å². The van der Waals surface area contributed by atoms with Gasteiger partial charge in [0.05, 0.1) is 4.90 Å². The van der Waals surface area contributed by atoms with Gasteiger partial charge in [-0.25, -0.2) is 12.8 Å². The highest BCUT2D eigenvalue weighted by atomic mass is 32.2. The molecule has 0 radical (unpaired) electrons. The quantitative estimate of drug-likeness (QED) is 0.654. The van der Waals surface area contributed by atoms with E-state index in [0.717, 1.165) is 30.8 Å². The molecule has 1 fully saturated rings. The van der Waals surface area contributed by atoms with E-state index in [1.54, 1.807) is 4.90 Å². The summed E-state index contributed by atoms with van der Waals surface area (Å²) in [4.78, 5) is 17.5. The first-order valence-electron chi connectivity index (χ1n) is 10.7. The van der Waals surface area contributed by atoms with E-state index in [9.17, 15) is 17.6 Å². The number of carbonyl (C=O) groups is 1. The summed E-state index contributed by atoms with van der Waals surface area (Å²) in [5.41, 5.74) is 0.941. The second-order valence-electron chi connectivity index (χ2n) is 7.57. The highest BCUT2D eigenvalue weighted by Crippen LogP contribution is 2.25. The molecule has 1 atom stereocenters. The SMILES string of the molecule is CCN(CC)C(C(=O)N1CCCN(S(=O)(=O)c2ccc(F)cc2)CC1)c1ccccc1. The van der Waals surface area contributed by atoms with Gasteiger partial charge in [0.25, 0.3) is 0 Å². The van der Waals surface area contributed by atoms with Crippen molar-refractivity contribution in [2.45, 2.75) is 31.2 Å². The van der Waals surface area contributed by atoms with Gasteiger partial charge in [0.15, 0.2) is 0 Å². The van der Waals surface area contributed by atoms with Gasteiger partial charge in [-0.3, -0.25) is 9.69 Å². The average Bonchev–Trinajstić information content (AvgIpc) is 3.05. The average molecular weight is 448 g/mol. The Balaban J connectivity index is 1.78. The van der Waals surface area contributed by atoms with E-state index in [4.69, 9.17) is 0 Å². The molecule has 8 heteroatoms. The van der Waals surface area contributed by atoms with Crippen LogP contribution in [0, 0.1) is 5.82 Å². The van der Waals surface area contributed by atoms with Crippen molar-refractivity contribution in [2.75, 3.05) is 39.3 Å². The van der Waals surface area contributed by atoms with Crippen LogP contribution in [0.5, 0.6) is 0 Å². The summed E-state index contributed by atoms with van der Waals surface area (Å²) < 4.78 is 40.5. The molecule has 0 saturated carbocycles. The molecule has 6 nitrogen and oxygen atoms in total. The Labute approximate surface area is 184 Å². The Kier molecular flexibility index (Phi) is 7.80. The van der Waals surface area contributed by atoms with Crippen LogP contribution in [-0.2, 0) is 14.8 Å². The number of halogens is 1. The summed E-state index contributed by atoms with van der Waals surface area (Å²) in [6, 6.07) is 14.2. The molecule has 0 aliphatic carbocycles. The first-order valence-corrected chi connectivity index (χ1v) is 12.2. The number of sulfonamides is 1. The number of benzene rings is 2. The number of likely N-dealkylation sites (N-methyl/N-ethyl adjacent to an activating group) is 1. The lowest BCUT2D eigenvalue weighted by atomic mass is 10.0. The molecular weight excluding hydrogens is 417 g/mol. The minimum absolute atomic E-state index is 0.00377. The largest absolute Gasteiger partial charge is 0.340 e. The third kappa shape index (κ3) is 5.31. The van der Waals surface area contributed by atoms with Crippen molar-refractivity contribution in [2.24, 2.45) is 0 Å². The summed E-state index contributed by atoms with van der Waals surface area (Å²) in [7, 11) is -3.73. The number of carbonyl (C=O) groups excluding carboxylic acids is 1. The smallest absolute Gasteiger partial charge is 0.244 e. The van der Waals surface area contributed by atoms with E-state index < -0.39 is 21.9 Å². The normalized spacial score (nSPS) is 16.8. The third-order valence-electron chi connectivity index (χ3n) is 5.74. The number of amides is 1. The maximum atomic E-state index is 13.5. The first kappa shape index (κ1) is 23.4. The fraction of sp³-hybridized carbons (Fsp3) is 0.435. The minimum Gasteiger partial charge on any atom is -0.340 e. The van der Waals surface area contributed by atoms with Crippen LogP contribution in [0.15, 0.2) is 59.5 Å². The maximum Gasteiger partial charge on any atom is 0.244 e. The molecule has 2 aromatic rings. The van der Waals surface area contributed by atoms with Crippen molar-refractivity contribution in [1.29, 1.82) is 0 Å². The second kappa shape index (κ2) is 10.3. The highest BCUT2D eigenvalue weighted by Gasteiger charge is 2.33. The molecule has 168 valence electrons.